The third kappa shape index (κ3) is 3.04. The highest BCUT2D eigenvalue weighted by Gasteiger charge is 2.15. The number of nitro groups is 1. The number of nitrogens with one attached hydrogen (secondary N) is 1. The van der Waals surface area contributed by atoms with E-state index < -0.39 is 4.92 Å². The van der Waals surface area contributed by atoms with Crippen LogP contribution in [0.2, 0.25) is 0 Å². The number of aryl methyl sites for hydroxylation is 2. The Morgan fingerprint density at radius 3 is 2.74 bits per heavy atom. The van der Waals surface area contributed by atoms with Crippen LogP contribution in [-0.2, 0) is 11.3 Å². The Labute approximate surface area is 134 Å². The van der Waals surface area contributed by atoms with Gasteiger partial charge in [-0.25, -0.2) is 4.98 Å². The maximum atomic E-state index is 12.0. The molecule has 118 valence electrons. The van der Waals surface area contributed by atoms with Crippen molar-refractivity contribution in [1.82, 2.24) is 14.8 Å². The van der Waals surface area contributed by atoms with E-state index in [0.717, 1.165) is 21.3 Å². The van der Waals surface area contributed by atoms with Crippen molar-refractivity contribution in [2.24, 2.45) is 0 Å². The summed E-state index contributed by atoms with van der Waals surface area (Å²) in [7, 11) is 0. The van der Waals surface area contributed by atoms with Crippen LogP contribution in [0.1, 0.15) is 11.1 Å². The molecule has 3 rings (SSSR count). The highest BCUT2D eigenvalue weighted by Crippen LogP contribution is 2.30. The zero-order valence-corrected chi connectivity index (χ0v) is 13.3. The summed E-state index contributed by atoms with van der Waals surface area (Å²) in [5.74, 6) is -0.624. The molecule has 1 aromatic carbocycles. The van der Waals surface area contributed by atoms with Crippen LogP contribution in [0, 0.1) is 24.0 Å². The summed E-state index contributed by atoms with van der Waals surface area (Å²) < 4.78 is 2.26. The molecule has 0 radical (unpaired) electrons. The van der Waals surface area contributed by atoms with Gasteiger partial charge in [0, 0.05) is 0 Å². The van der Waals surface area contributed by atoms with Crippen LogP contribution in [0.5, 0.6) is 0 Å². The quantitative estimate of drug-likeness (QED) is 0.585. The minimum atomic E-state index is -0.604. The second-order valence-corrected chi connectivity index (χ2v) is 6.07. The minimum Gasteiger partial charge on any atom is -0.358 e. The monoisotopic (exact) mass is 331 g/mol. The number of hydrogen-bond donors (Lipinski definition) is 1. The normalized spacial score (nSPS) is 10.9. The van der Waals surface area contributed by atoms with Gasteiger partial charge in [0.05, 0.1) is 27.6 Å². The Kier molecular flexibility index (Phi) is 3.78. The Morgan fingerprint density at radius 1 is 1.35 bits per heavy atom. The van der Waals surface area contributed by atoms with Crippen molar-refractivity contribution in [3.63, 3.8) is 0 Å². The van der Waals surface area contributed by atoms with Gasteiger partial charge in [0.15, 0.2) is 5.13 Å². The number of hydrogen-bond acceptors (Lipinski definition) is 6. The summed E-state index contributed by atoms with van der Waals surface area (Å²) in [6, 6.07) is 5.26. The fraction of sp³-hybridized carbons (Fsp3) is 0.214. The number of thiazole rings is 1. The molecule has 0 saturated carbocycles. The van der Waals surface area contributed by atoms with E-state index in [2.05, 4.69) is 15.4 Å². The molecule has 2 heterocycles. The van der Waals surface area contributed by atoms with Gasteiger partial charge in [-0.15, -0.1) is 0 Å². The summed E-state index contributed by atoms with van der Waals surface area (Å²) in [5, 5.41) is 17.5. The van der Waals surface area contributed by atoms with Crippen molar-refractivity contribution in [2.75, 3.05) is 5.32 Å². The van der Waals surface area contributed by atoms with E-state index in [9.17, 15) is 14.9 Å². The Balaban J connectivity index is 1.76. The van der Waals surface area contributed by atoms with Crippen LogP contribution in [0.4, 0.5) is 10.9 Å². The van der Waals surface area contributed by atoms with Crippen LogP contribution in [0.25, 0.3) is 10.2 Å². The number of rotatable bonds is 4. The Morgan fingerprint density at radius 2 is 2.09 bits per heavy atom. The van der Waals surface area contributed by atoms with Crippen molar-refractivity contribution in [3.05, 3.63) is 45.6 Å². The molecule has 9 heteroatoms. The number of anilines is 1. The first-order valence-electron chi connectivity index (χ1n) is 6.78. The zero-order valence-electron chi connectivity index (χ0n) is 12.4. The fourth-order valence-corrected chi connectivity index (χ4v) is 3.18. The van der Waals surface area contributed by atoms with E-state index in [1.807, 2.05) is 26.0 Å². The van der Waals surface area contributed by atoms with Crippen molar-refractivity contribution in [2.45, 2.75) is 20.4 Å². The molecule has 1 N–H and O–H groups in total. The van der Waals surface area contributed by atoms with Gasteiger partial charge in [-0.3, -0.25) is 4.79 Å². The van der Waals surface area contributed by atoms with Crippen LogP contribution in [0.15, 0.2) is 24.4 Å². The summed E-state index contributed by atoms with van der Waals surface area (Å²) in [6.45, 7) is 3.85. The first-order chi connectivity index (χ1) is 10.9. The average Bonchev–Trinajstić information content (AvgIpc) is 3.10. The van der Waals surface area contributed by atoms with Crippen molar-refractivity contribution in [3.8, 4) is 0 Å². The summed E-state index contributed by atoms with van der Waals surface area (Å²) in [6.07, 6.45) is 1.39. The topological polar surface area (TPSA) is 103 Å². The second-order valence-electron chi connectivity index (χ2n) is 5.07. The first-order valence-corrected chi connectivity index (χ1v) is 7.60. The molecule has 23 heavy (non-hydrogen) atoms. The van der Waals surface area contributed by atoms with Gasteiger partial charge in [0.2, 0.25) is 5.91 Å². The van der Waals surface area contributed by atoms with Gasteiger partial charge in [-0.1, -0.05) is 23.5 Å². The number of fused-ring (bicyclic) bond motifs is 1. The smallest absolute Gasteiger partial charge is 0.358 e. The summed E-state index contributed by atoms with van der Waals surface area (Å²) >= 11 is 1.41. The fourth-order valence-electron chi connectivity index (χ4n) is 2.16. The van der Waals surface area contributed by atoms with Crippen LogP contribution < -0.4 is 5.32 Å². The van der Waals surface area contributed by atoms with Gasteiger partial charge in [-0.2, -0.15) is 4.68 Å². The molecule has 2 aromatic heterocycles. The SMILES string of the molecule is Cc1ccc(C)c2sc(NC(=O)Cn3ccc([N+](=O)[O-])n3)nc12. The van der Waals surface area contributed by atoms with E-state index in [1.54, 1.807) is 0 Å². The van der Waals surface area contributed by atoms with Crippen LogP contribution in [0.3, 0.4) is 0 Å². The molecule has 0 unspecified atom stereocenters. The average molecular weight is 331 g/mol. The standard InChI is InChI=1S/C14H13N5O3S/c1-8-3-4-9(2)13-12(8)16-14(23-13)15-11(20)7-18-6-5-10(17-18)19(21)22/h3-6H,7H2,1-2H3,(H,15,16,20). The number of carbonyl (C=O) groups is 1. The van der Waals surface area contributed by atoms with Crippen LogP contribution >= 0.6 is 11.3 Å². The van der Waals surface area contributed by atoms with Crippen molar-refractivity contribution < 1.29 is 9.72 Å². The van der Waals surface area contributed by atoms with Gasteiger partial charge < -0.3 is 15.4 Å². The number of benzene rings is 1. The molecule has 1 amide bonds. The lowest BCUT2D eigenvalue weighted by Crippen LogP contribution is -2.19. The van der Waals surface area contributed by atoms with Crippen molar-refractivity contribution in [1.29, 1.82) is 0 Å². The number of carbonyl (C=O) groups excluding carboxylic acids is 1. The predicted molar refractivity (Wildman–Crippen MR) is 86.6 cm³/mol. The maximum absolute atomic E-state index is 12.0. The number of amides is 1. The molecular weight excluding hydrogens is 318 g/mol. The largest absolute Gasteiger partial charge is 0.389 e. The molecular formula is C14H13N5O3S. The molecule has 0 saturated heterocycles. The summed E-state index contributed by atoms with van der Waals surface area (Å²) in [5.41, 5.74) is 3.02. The molecule has 0 aliphatic carbocycles. The second kappa shape index (κ2) is 5.76. The molecule has 0 bridgehead atoms. The van der Waals surface area contributed by atoms with Gasteiger partial charge in [0.1, 0.15) is 6.54 Å². The highest BCUT2D eigenvalue weighted by atomic mass is 32.1. The molecule has 0 spiro atoms. The first kappa shape index (κ1) is 15.1. The highest BCUT2D eigenvalue weighted by molar-refractivity contribution is 7.22. The van der Waals surface area contributed by atoms with Crippen LogP contribution in [-0.4, -0.2) is 25.6 Å². The third-order valence-corrected chi connectivity index (χ3v) is 4.41. The lowest BCUT2D eigenvalue weighted by molar-refractivity contribution is -0.389. The minimum absolute atomic E-state index is 0.109. The lowest BCUT2D eigenvalue weighted by atomic mass is 10.1. The molecule has 0 aliphatic heterocycles. The van der Waals surface area contributed by atoms with Gasteiger partial charge in [-0.05, 0) is 29.9 Å². The zero-order chi connectivity index (χ0) is 16.6. The van der Waals surface area contributed by atoms with E-state index in [0.29, 0.717) is 5.13 Å². The Bertz CT molecular complexity index is 875. The predicted octanol–water partition coefficient (Wildman–Crippen LogP) is 2.66. The van der Waals surface area contributed by atoms with Crippen molar-refractivity contribution >= 4 is 38.4 Å². The van der Waals surface area contributed by atoms with E-state index >= 15 is 0 Å². The van der Waals surface area contributed by atoms with E-state index in [-0.39, 0.29) is 18.3 Å². The molecule has 0 aliphatic rings. The third-order valence-electron chi connectivity index (χ3n) is 3.31. The maximum Gasteiger partial charge on any atom is 0.389 e. The Hall–Kier alpha value is -2.81. The molecule has 3 aromatic rings. The van der Waals surface area contributed by atoms with E-state index in [1.165, 1.54) is 28.3 Å². The van der Waals surface area contributed by atoms with Gasteiger partial charge >= 0.3 is 5.82 Å². The number of nitrogens with zero attached hydrogens (tertiary/aromatic N) is 4. The van der Waals surface area contributed by atoms with Gasteiger partial charge in [0.25, 0.3) is 0 Å². The number of aromatic nitrogens is 3. The van der Waals surface area contributed by atoms with E-state index in [4.69, 9.17) is 0 Å². The molecule has 0 atom stereocenters. The summed E-state index contributed by atoms with van der Waals surface area (Å²) in [4.78, 5) is 26.4. The molecule has 0 fully saturated rings. The lowest BCUT2D eigenvalue weighted by Gasteiger charge is -1.98. The molecule has 8 nitrogen and oxygen atoms in total.